The fourth-order valence-corrected chi connectivity index (χ4v) is 3.84. The molecule has 9 nitrogen and oxygen atoms in total. The largest absolute Gasteiger partial charge is 0.556 e. The standard InChI is InChI=1S/C21H24BN5O4/c1-12(2)17-8-14-7-15(3-4-19(14)31-22(17)29)25-21-16(20(24)28)10-27(26-21)18-11-30-6-5-13(18)9-23/h3-4,7-8,10,12-13,18,29H,5-6,11H2,1-2H3,(H2,24,28)(H,25,26)/t13-,18+/m1/s1. The smallest absolute Gasteiger partial charge is 0.532 e. The molecule has 0 unspecified atom stereocenters. The van der Waals surface area contributed by atoms with E-state index in [9.17, 15) is 15.1 Å². The van der Waals surface area contributed by atoms with Gasteiger partial charge in [-0.15, -0.1) is 0 Å². The Hall–Kier alpha value is -3.29. The summed E-state index contributed by atoms with van der Waals surface area (Å²) in [6.45, 7) is 4.85. The predicted octanol–water partition coefficient (Wildman–Crippen LogP) is 2.28. The number of primary amides is 1. The summed E-state index contributed by atoms with van der Waals surface area (Å²) in [5, 5.41) is 27.2. The average molecular weight is 421 g/mol. The van der Waals surface area contributed by atoms with Crippen molar-refractivity contribution in [3.8, 4) is 11.8 Å². The van der Waals surface area contributed by atoms with E-state index < -0.39 is 13.0 Å². The second-order valence-electron chi connectivity index (χ2n) is 8.05. The van der Waals surface area contributed by atoms with E-state index in [1.165, 1.54) is 0 Å². The normalized spacial score (nSPS) is 20.5. The van der Waals surface area contributed by atoms with E-state index in [1.807, 2.05) is 26.0 Å². The number of amides is 1. The van der Waals surface area contributed by atoms with Gasteiger partial charge in [0.15, 0.2) is 5.82 Å². The van der Waals surface area contributed by atoms with Crippen LogP contribution in [0.25, 0.3) is 6.08 Å². The summed E-state index contributed by atoms with van der Waals surface area (Å²) in [6, 6.07) is 7.38. The van der Waals surface area contributed by atoms with Crippen LogP contribution in [0.2, 0.25) is 0 Å². The highest BCUT2D eigenvalue weighted by atomic mass is 16.5. The molecule has 1 saturated heterocycles. The van der Waals surface area contributed by atoms with Gasteiger partial charge in [0.1, 0.15) is 11.3 Å². The zero-order chi connectivity index (χ0) is 22.1. The minimum absolute atomic E-state index is 0.128. The number of ether oxygens (including phenoxy) is 1. The Bertz CT molecular complexity index is 1070. The predicted molar refractivity (Wildman–Crippen MR) is 115 cm³/mol. The van der Waals surface area contributed by atoms with Crippen molar-refractivity contribution < 1.29 is 19.2 Å². The molecule has 10 heteroatoms. The van der Waals surface area contributed by atoms with Crippen LogP contribution in [-0.4, -0.2) is 41.0 Å². The third kappa shape index (κ3) is 4.15. The van der Waals surface area contributed by atoms with Gasteiger partial charge in [-0.05, 0) is 36.0 Å². The van der Waals surface area contributed by atoms with Crippen molar-refractivity contribution in [2.45, 2.75) is 26.3 Å². The second-order valence-corrected chi connectivity index (χ2v) is 8.05. The molecule has 0 radical (unpaired) electrons. The van der Waals surface area contributed by atoms with E-state index in [1.54, 1.807) is 23.0 Å². The summed E-state index contributed by atoms with van der Waals surface area (Å²) in [5.41, 5.74) is 8.07. The van der Waals surface area contributed by atoms with Gasteiger partial charge in [-0.1, -0.05) is 19.9 Å². The second kappa shape index (κ2) is 8.45. The van der Waals surface area contributed by atoms with Gasteiger partial charge in [0.2, 0.25) is 0 Å². The number of hydrogen-bond donors (Lipinski definition) is 3. The van der Waals surface area contributed by atoms with Crippen LogP contribution in [0.4, 0.5) is 11.5 Å². The first-order valence-corrected chi connectivity index (χ1v) is 10.2. The molecule has 2 aliphatic heterocycles. The van der Waals surface area contributed by atoms with Gasteiger partial charge >= 0.3 is 7.12 Å². The Labute approximate surface area is 180 Å². The van der Waals surface area contributed by atoms with Crippen LogP contribution in [0.3, 0.4) is 0 Å². The molecule has 3 heterocycles. The van der Waals surface area contributed by atoms with Crippen LogP contribution in [0.5, 0.6) is 5.75 Å². The highest BCUT2D eigenvalue weighted by molar-refractivity contribution is 6.55. The number of aromatic nitrogens is 2. The molecule has 0 aliphatic carbocycles. The molecule has 0 saturated carbocycles. The van der Waals surface area contributed by atoms with Crippen molar-refractivity contribution in [2.75, 3.05) is 18.5 Å². The number of nitrogens with two attached hydrogens (primary N) is 1. The minimum Gasteiger partial charge on any atom is -0.532 e. The topological polar surface area (TPSA) is 135 Å². The summed E-state index contributed by atoms with van der Waals surface area (Å²) in [5.74, 6) is 0.126. The van der Waals surface area contributed by atoms with Crippen molar-refractivity contribution in [1.29, 1.82) is 5.26 Å². The van der Waals surface area contributed by atoms with Crippen molar-refractivity contribution in [3.05, 3.63) is 41.0 Å². The van der Waals surface area contributed by atoms with Crippen LogP contribution in [-0.2, 0) is 4.74 Å². The molecule has 0 spiro atoms. The Balaban J connectivity index is 1.65. The highest BCUT2D eigenvalue weighted by Gasteiger charge is 2.31. The maximum absolute atomic E-state index is 12.0. The molecule has 31 heavy (non-hydrogen) atoms. The number of nitrogens with one attached hydrogen (secondary N) is 1. The summed E-state index contributed by atoms with van der Waals surface area (Å²) in [4.78, 5) is 12.0. The number of anilines is 2. The van der Waals surface area contributed by atoms with E-state index in [-0.39, 0.29) is 23.4 Å². The first kappa shape index (κ1) is 21.0. The van der Waals surface area contributed by atoms with Crippen molar-refractivity contribution in [3.63, 3.8) is 0 Å². The van der Waals surface area contributed by atoms with Gasteiger partial charge in [0.25, 0.3) is 5.91 Å². The first-order valence-electron chi connectivity index (χ1n) is 10.2. The molecule has 1 amide bonds. The Kier molecular flexibility index (Phi) is 5.72. The molecule has 1 aromatic carbocycles. The van der Waals surface area contributed by atoms with Gasteiger partial charge in [0.05, 0.1) is 24.6 Å². The number of nitrogens with zero attached hydrogens (tertiary/aromatic N) is 3. The lowest BCUT2D eigenvalue weighted by atomic mass is 9.70. The van der Waals surface area contributed by atoms with E-state index in [0.29, 0.717) is 36.9 Å². The zero-order valence-corrected chi connectivity index (χ0v) is 17.4. The Morgan fingerprint density at radius 3 is 3.00 bits per heavy atom. The maximum atomic E-state index is 12.0. The monoisotopic (exact) mass is 421 g/mol. The molecule has 0 bridgehead atoms. The van der Waals surface area contributed by atoms with Crippen LogP contribution >= 0.6 is 0 Å². The number of hydrogen-bond acceptors (Lipinski definition) is 7. The molecule has 4 N–H and O–H groups in total. The quantitative estimate of drug-likeness (QED) is 0.631. The first-order chi connectivity index (χ1) is 14.9. The van der Waals surface area contributed by atoms with Gasteiger partial charge in [-0.2, -0.15) is 10.4 Å². The van der Waals surface area contributed by atoms with Crippen LogP contribution in [0.1, 0.15) is 42.2 Å². The molecule has 4 rings (SSSR count). The minimum atomic E-state index is -0.964. The van der Waals surface area contributed by atoms with E-state index in [0.717, 1.165) is 11.0 Å². The number of fused-ring (bicyclic) bond motifs is 1. The molecular formula is C21H24BN5O4. The number of rotatable bonds is 5. The van der Waals surface area contributed by atoms with E-state index in [2.05, 4.69) is 16.5 Å². The summed E-state index contributed by atoms with van der Waals surface area (Å²) in [6.07, 6.45) is 4.07. The molecule has 160 valence electrons. The average Bonchev–Trinajstić information content (AvgIpc) is 3.17. The number of carbonyl (C=O) groups is 1. The van der Waals surface area contributed by atoms with Gasteiger partial charge in [-0.25, -0.2) is 0 Å². The number of nitriles is 1. The van der Waals surface area contributed by atoms with Gasteiger partial charge < -0.3 is 25.5 Å². The maximum Gasteiger partial charge on any atom is 0.556 e. The lowest BCUT2D eigenvalue weighted by Crippen LogP contribution is -2.30. The van der Waals surface area contributed by atoms with Crippen molar-refractivity contribution >= 4 is 30.6 Å². The lowest BCUT2D eigenvalue weighted by Gasteiger charge is -2.27. The molecule has 1 fully saturated rings. The number of benzene rings is 1. The highest BCUT2D eigenvalue weighted by Crippen LogP contribution is 2.34. The summed E-state index contributed by atoms with van der Waals surface area (Å²) >= 11 is 0. The summed E-state index contributed by atoms with van der Waals surface area (Å²) in [7, 11) is -0.964. The Morgan fingerprint density at radius 1 is 1.48 bits per heavy atom. The van der Waals surface area contributed by atoms with Crippen LogP contribution < -0.4 is 15.7 Å². The fourth-order valence-electron chi connectivity index (χ4n) is 3.84. The molecule has 2 aliphatic rings. The lowest BCUT2D eigenvalue weighted by molar-refractivity contribution is 0.0342. The summed E-state index contributed by atoms with van der Waals surface area (Å²) < 4.78 is 12.7. The van der Waals surface area contributed by atoms with Gasteiger partial charge in [-0.3, -0.25) is 9.48 Å². The van der Waals surface area contributed by atoms with Crippen LogP contribution in [0, 0.1) is 23.2 Å². The molecule has 2 atom stereocenters. The van der Waals surface area contributed by atoms with Crippen LogP contribution in [0.15, 0.2) is 29.9 Å². The third-order valence-electron chi connectivity index (χ3n) is 5.61. The number of carbonyl (C=O) groups excluding carboxylic acids is 1. The molecule has 2 aromatic rings. The molecular weight excluding hydrogens is 397 g/mol. The molecule has 1 aromatic heterocycles. The van der Waals surface area contributed by atoms with E-state index >= 15 is 0 Å². The van der Waals surface area contributed by atoms with E-state index in [4.69, 9.17) is 15.1 Å². The SMILES string of the molecule is CC(C)C1=Cc2cc(Nc3nn([C@H]4COCC[C@@H]4C#N)cc3C(N)=O)ccc2OB1O. The van der Waals surface area contributed by atoms with Gasteiger partial charge in [0, 0.05) is 24.1 Å². The van der Waals surface area contributed by atoms with Crippen molar-refractivity contribution in [2.24, 2.45) is 17.6 Å². The third-order valence-corrected chi connectivity index (χ3v) is 5.61. The zero-order valence-electron chi connectivity index (χ0n) is 17.4. The van der Waals surface area contributed by atoms with Crippen molar-refractivity contribution in [1.82, 2.24) is 9.78 Å². The fraction of sp³-hybridized carbons (Fsp3) is 0.381. The number of allylic oxidation sites excluding steroid dienone is 1. The Morgan fingerprint density at radius 2 is 2.29 bits per heavy atom.